The first kappa shape index (κ1) is 17.1. The SMILES string of the molecule is O=C(COC(=O)COCc1nc2ccccc2s1)Nc1ccccc1. The van der Waals surface area contributed by atoms with Crippen LogP contribution in [0.1, 0.15) is 5.01 Å². The van der Waals surface area contributed by atoms with Gasteiger partial charge in [-0.25, -0.2) is 9.78 Å². The number of benzene rings is 2. The molecular weight excluding hydrogens is 340 g/mol. The first-order chi connectivity index (χ1) is 12.2. The third kappa shape index (κ3) is 5.10. The first-order valence-corrected chi connectivity index (χ1v) is 8.45. The van der Waals surface area contributed by atoms with Crippen LogP contribution in [-0.2, 0) is 25.7 Å². The van der Waals surface area contributed by atoms with E-state index in [9.17, 15) is 9.59 Å². The van der Waals surface area contributed by atoms with Crippen LogP contribution >= 0.6 is 11.3 Å². The van der Waals surface area contributed by atoms with Crippen molar-refractivity contribution in [3.05, 3.63) is 59.6 Å². The molecule has 0 radical (unpaired) electrons. The van der Waals surface area contributed by atoms with Crippen LogP contribution in [0.15, 0.2) is 54.6 Å². The van der Waals surface area contributed by atoms with E-state index in [0.717, 1.165) is 15.2 Å². The molecule has 7 heteroatoms. The number of ether oxygens (including phenoxy) is 2. The maximum atomic E-state index is 11.7. The van der Waals surface area contributed by atoms with Gasteiger partial charge in [-0.05, 0) is 24.3 Å². The number of esters is 1. The molecule has 2 aromatic carbocycles. The highest BCUT2D eigenvalue weighted by Crippen LogP contribution is 2.21. The van der Waals surface area contributed by atoms with Crippen molar-refractivity contribution < 1.29 is 19.1 Å². The van der Waals surface area contributed by atoms with Crippen LogP contribution in [0.4, 0.5) is 5.69 Å². The van der Waals surface area contributed by atoms with Gasteiger partial charge in [0, 0.05) is 5.69 Å². The molecule has 128 valence electrons. The van der Waals surface area contributed by atoms with Gasteiger partial charge in [-0.15, -0.1) is 11.3 Å². The van der Waals surface area contributed by atoms with Gasteiger partial charge in [-0.2, -0.15) is 0 Å². The van der Waals surface area contributed by atoms with Crippen molar-refractivity contribution in [2.24, 2.45) is 0 Å². The number of carbonyl (C=O) groups is 2. The van der Waals surface area contributed by atoms with Crippen molar-refractivity contribution in [3.8, 4) is 0 Å². The summed E-state index contributed by atoms with van der Waals surface area (Å²) in [6, 6.07) is 16.7. The minimum Gasteiger partial charge on any atom is -0.454 e. The van der Waals surface area contributed by atoms with E-state index < -0.39 is 11.9 Å². The summed E-state index contributed by atoms with van der Waals surface area (Å²) < 4.78 is 11.3. The molecule has 6 nitrogen and oxygen atoms in total. The minimum atomic E-state index is -0.593. The Kier molecular flexibility index (Phi) is 5.71. The summed E-state index contributed by atoms with van der Waals surface area (Å²) in [5.74, 6) is -0.991. The van der Waals surface area contributed by atoms with Gasteiger partial charge < -0.3 is 14.8 Å². The Labute approximate surface area is 148 Å². The maximum absolute atomic E-state index is 11.7. The number of aromatic nitrogens is 1. The summed E-state index contributed by atoms with van der Waals surface area (Å²) in [6.45, 7) is -0.350. The second-order valence-electron chi connectivity index (χ2n) is 5.14. The van der Waals surface area contributed by atoms with Crippen LogP contribution in [0.5, 0.6) is 0 Å². The zero-order chi connectivity index (χ0) is 17.5. The predicted molar refractivity (Wildman–Crippen MR) is 95.3 cm³/mol. The normalized spacial score (nSPS) is 10.6. The lowest BCUT2D eigenvalue weighted by atomic mass is 10.3. The Morgan fingerprint density at radius 1 is 1.00 bits per heavy atom. The molecule has 0 aliphatic rings. The van der Waals surface area contributed by atoms with E-state index in [1.54, 1.807) is 24.3 Å². The van der Waals surface area contributed by atoms with Crippen LogP contribution in [0, 0.1) is 0 Å². The fourth-order valence-corrected chi connectivity index (χ4v) is 3.01. The molecule has 0 atom stereocenters. The molecule has 1 aromatic heterocycles. The number of carbonyl (C=O) groups excluding carboxylic acids is 2. The Balaban J connectivity index is 1.37. The summed E-state index contributed by atoms with van der Waals surface area (Å²) in [7, 11) is 0. The molecule has 25 heavy (non-hydrogen) atoms. The molecule has 0 unspecified atom stereocenters. The lowest BCUT2D eigenvalue weighted by molar-refractivity contribution is -0.152. The highest BCUT2D eigenvalue weighted by molar-refractivity contribution is 7.18. The van der Waals surface area contributed by atoms with E-state index in [2.05, 4.69) is 10.3 Å². The predicted octanol–water partition coefficient (Wildman–Crippen LogP) is 2.99. The van der Waals surface area contributed by atoms with Crippen LogP contribution in [0.3, 0.4) is 0 Å². The van der Waals surface area contributed by atoms with Gasteiger partial charge in [0.25, 0.3) is 5.91 Å². The number of hydrogen-bond donors (Lipinski definition) is 1. The van der Waals surface area contributed by atoms with Crippen molar-refractivity contribution in [2.75, 3.05) is 18.5 Å². The largest absolute Gasteiger partial charge is 0.454 e. The number of nitrogens with zero attached hydrogens (tertiary/aromatic N) is 1. The number of rotatable bonds is 7. The Bertz CT molecular complexity index is 831. The van der Waals surface area contributed by atoms with Gasteiger partial charge >= 0.3 is 5.97 Å². The zero-order valence-corrected chi connectivity index (χ0v) is 14.1. The topological polar surface area (TPSA) is 77.5 Å². The average Bonchev–Trinajstić information content (AvgIpc) is 3.03. The number of amides is 1. The van der Waals surface area contributed by atoms with E-state index in [4.69, 9.17) is 9.47 Å². The Morgan fingerprint density at radius 3 is 2.56 bits per heavy atom. The van der Waals surface area contributed by atoms with E-state index >= 15 is 0 Å². The molecule has 1 heterocycles. The van der Waals surface area contributed by atoms with Gasteiger partial charge in [0.2, 0.25) is 0 Å². The van der Waals surface area contributed by atoms with Crippen molar-refractivity contribution >= 4 is 39.1 Å². The number of thiazole rings is 1. The molecule has 0 aliphatic heterocycles. The maximum Gasteiger partial charge on any atom is 0.332 e. The Hall–Kier alpha value is -2.77. The molecule has 1 N–H and O–H groups in total. The van der Waals surface area contributed by atoms with Gasteiger partial charge in [-0.3, -0.25) is 4.79 Å². The fourth-order valence-electron chi connectivity index (χ4n) is 2.11. The number of hydrogen-bond acceptors (Lipinski definition) is 6. The zero-order valence-electron chi connectivity index (χ0n) is 13.3. The second kappa shape index (κ2) is 8.36. The third-order valence-corrected chi connectivity index (χ3v) is 4.22. The lowest BCUT2D eigenvalue weighted by Crippen LogP contribution is -2.22. The molecule has 0 saturated heterocycles. The van der Waals surface area contributed by atoms with Crippen molar-refractivity contribution in [3.63, 3.8) is 0 Å². The molecule has 0 spiro atoms. The smallest absolute Gasteiger partial charge is 0.332 e. The van der Waals surface area contributed by atoms with Gasteiger partial charge in [0.1, 0.15) is 11.6 Å². The van der Waals surface area contributed by atoms with Crippen molar-refractivity contribution in [1.29, 1.82) is 0 Å². The summed E-state index contributed by atoms with van der Waals surface area (Å²) >= 11 is 1.52. The van der Waals surface area contributed by atoms with Crippen LogP contribution in [-0.4, -0.2) is 30.1 Å². The molecule has 0 bridgehead atoms. The molecule has 0 fully saturated rings. The van der Waals surface area contributed by atoms with E-state index in [0.29, 0.717) is 5.69 Å². The summed E-state index contributed by atoms with van der Waals surface area (Å²) in [5, 5.41) is 3.42. The van der Waals surface area contributed by atoms with Gasteiger partial charge in [0.15, 0.2) is 6.61 Å². The quantitative estimate of drug-likeness (QED) is 0.659. The highest BCUT2D eigenvalue weighted by Gasteiger charge is 2.09. The average molecular weight is 356 g/mol. The molecule has 1 amide bonds. The number of nitrogens with one attached hydrogen (secondary N) is 1. The highest BCUT2D eigenvalue weighted by atomic mass is 32.1. The van der Waals surface area contributed by atoms with Crippen molar-refractivity contribution in [1.82, 2.24) is 4.98 Å². The Morgan fingerprint density at radius 2 is 1.76 bits per heavy atom. The molecular formula is C18H16N2O4S. The van der Waals surface area contributed by atoms with Crippen LogP contribution in [0.2, 0.25) is 0 Å². The van der Waals surface area contributed by atoms with Crippen molar-refractivity contribution in [2.45, 2.75) is 6.61 Å². The van der Waals surface area contributed by atoms with Crippen LogP contribution in [0.25, 0.3) is 10.2 Å². The lowest BCUT2D eigenvalue weighted by Gasteiger charge is -2.06. The monoisotopic (exact) mass is 356 g/mol. The second-order valence-corrected chi connectivity index (χ2v) is 6.26. The summed E-state index contributed by atoms with van der Waals surface area (Å²) in [5.41, 5.74) is 1.56. The third-order valence-electron chi connectivity index (χ3n) is 3.21. The van der Waals surface area contributed by atoms with E-state index in [1.807, 2.05) is 30.3 Å². The van der Waals surface area contributed by atoms with Gasteiger partial charge in [-0.1, -0.05) is 30.3 Å². The molecule has 0 saturated carbocycles. The van der Waals surface area contributed by atoms with Gasteiger partial charge in [0.05, 0.1) is 16.8 Å². The number of anilines is 1. The first-order valence-electron chi connectivity index (χ1n) is 7.63. The fraction of sp³-hybridized carbons (Fsp3) is 0.167. The number of para-hydroxylation sites is 2. The van der Waals surface area contributed by atoms with E-state index in [-0.39, 0.29) is 19.8 Å². The number of fused-ring (bicyclic) bond motifs is 1. The molecule has 3 aromatic rings. The summed E-state index contributed by atoms with van der Waals surface area (Å²) in [6.07, 6.45) is 0. The van der Waals surface area contributed by atoms with Crippen LogP contribution < -0.4 is 5.32 Å². The minimum absolute atomic E-state index is 0.227. The summed E-state index contributed by atoms with van der Waals surface area (Å²) in [4.78, 5) is 27.7. The standard InChI is InChI=1S/C18H16N2O4S/c21-16(19-13-6-2-1-3-7-13)10-24-18(22)12-23-11-17-20-14-8-4-5-9-15(14)25-17/h1-9H,10-12H2,(H,19,21). The molecule has 3 rings (SSSR count). The van der Waals surface area contributed by atoms with E-state index in [1.165, 1.54) is 11.3 Å². The molecule has 0 aliphatic carbocycles.